The van der Waals surface area contributed by atoms with Crippen LogP contribution in [0.3, 0.4) is 0 Å². The molecule has 0 radical (unpaired) electrons. The standard InChI is InChI=1S/C12H19NO3/c14-11(9-6-7-9)13-10(12(15)16)8-4-2-1-3-5-8/h8-10H,1-7H2,(H,13,14)(H,15,16)/t10-/m0/s1. The summed E-state index contributed by atoms with van der Waals surface area (Å²) in [5.41, 5.74) is 0. The van der Waals surface area contributed by atoms with Gasteiger partial charge in [0.1, 0.15) is 6.04 Å². The molecule has 2 saturated carbocycles. The van der Waals surface area contributed by atoms with Gasteiger partial charge in [0.25, 0.3) is 0 Å². The number of carboxylic acid groups (broad SMARTS) is 1. The lowest BCUT2D eigenvalue weighted by Gasteiger charge is -2.28. The van der Waals surface area contributed by atoms with Crippen molar-refractivity contribution in [2.24, 2.45) is 11.8 Å². The summed E-state index contributed by atoms with van der Waals surface area (Å²) in [7, 11) is 0. The van der Waals surface area contributed by atoms with E-state index in [1.54, 1.807) is 0 Å². The van der Waals surface area contributed by atoms with Crippen molar-refractivity contribution in [3.63, 3.8) is 0 Å². The fourth-order valence-corrected chi connectivity index (χ4v) is 2.47. The molecule has 4 nitrogen and oxygen atoms in total. The largest absolute Gasteiger partial charge is 0.480 e. The Hall–Kier alpha value is -1.06. The van der Waals surface area contributed by atoms with Crippen molar-refractivity contribution in [3.05, 3.63) is 0 Å². The number of hydrogen-bond acceptors (Lipinski definition) is 2. The summed E-state index contributed by atoms with van der Waals surface area (Å²) < 4.78 is 0. The van der Waals surface area contributed by atoms with Crippen molar-refractivity contribution in [1.29, 1.82) is 0 Å². The first-order chi connectivity index (χ1) is 7.68. The quantitative estimate of drug-likeness (QED) is 0.762. The Morgan fingerprint density at radius 3 is 2.19 bits per heavy atom. The Kier molecular flexibility index (Phi) is 3.46. The zero-order valence-electron chi connectivity index (χ0n) is 9.45. The van der Waals surface area contributed by atoms with E-state index in [0.717, 1.165) is 38.5 Å². The predicted molar refractivity (Wildman–Crippen MR) is 58.9 cm³/mol. The maximum atomic E-state index is 11.6. The van der Waals surface area contributed by atoms with Crippen LogP contribution in [0.1, 0.15) is 44.9 Å². The van der Waals surface area contributed by atoms with Gasteiger partial charge in [-0.1, -0.05) is 19.3 Å². The molecule has 2 fully saturated rings. The zero-order valence-corrected chi connectivity index (χ0v) is 9.45. The minimum atomic E-state index is -0.874. The Morgan fingerprint density at radius 1 is 1.06 bits per heavy atom. The van der Waals surface area contributed by atoms with Gasteiger partial charge in [0.05, 0.1) is 0 Å². The molecular weight excluding hydrogens is 206 g/mol. The highest BCUT2D eigenvalue weighted by atomic mass is 16.4. The van der Waals surface area contributed by atoms with Crippen molar-refractivity contribution in [3.8, 4) is 0 Å². The molecule has 2 N–H and O–H groups in total. The van der Waals surface area contributed by atoms with Crippen LogP contribution in [0.4, 0.5) is 0 Å². The third-order valence-corrected chi connectivity index (χ3v) is 3.63. The van der Waals surface area contributed by atoms with Gasteiger partial charge in [-0.2, -0.15) is 0 Å². The normalized spacial score (nSPS) is 23.8. The smallest absolute Gasteiger partial charge is 0.326 e. The van der Waals surface area contributed by atoms with Crippen LogP contribution < -0.4 is 5.32 Å². The van der Waals surface area contributed by atoms with Gasteiger partial charge < -0.3 is 10.4 Å². The first kappa shape index (κ1) is 11.4. The maximum Gasteiger partial charge on any atom is 0.326 e. The fraction of sp³-hybridized carbons (Fsp3) is 0.833. The monoisotopic (exact) mass is 225 g/mol. The number of rotatable bonds is 4. The van der Waals surface area contributed by atoms with E-state index in [1.165, 1.54) is 6.42 Å². The van der Waals surface area contributed by atoms with Crippen LogP contribution in [0, 0.1) is 11.8 Å². The molecule has 90 valence electrons. The van der Waals surface area contributed by atoms with Crippen LogP contribution in [0.25, 0.3) is 0 Å². The average molecular weight is 225 g/mol. The highest BCUT2D eigenvalue weighted by molar-refractivity contribution is 5.86. The second-order valence-corrected chi connectivity index (χ2v) is 5.00. The van der Waals surface area contributed by atoms with E-state index >= 15 is 0 Å². The number of carboxylic acids is 1. The van der Waals surface area contributed by atoms with Crippen molar-refractivity contribution >= 4 is 11.9 Å². The lowest BCUT2D eigenvalue weighted by Crippen LogP contribution is -2.47. The Balaban J connectivity index is 1.92. The van der Waals surface area contributed by atoms with Gasteiger partial charge in [-0.3, -0.25) is 4.79 Å². The van der Waals surface area contributed by atoms with Gasteiger partial charge in [0.15, 0.2) is 0 Å². The number of nitrogens with one attached hydrogen (secondary N) is 1. The van der Waals surface area contributed by atoms with Crippen molar-refractivity contribution in [1.82, 2.24) is 5.32 Å². The minimum absolute atomic E-state index is 0.0574. The summed E-state index contributed by atoms with van der Waals surface area (Å²) >= 11 is 0. The van der Waals surface area contributed by atoms with E-state index in [9.17, 15) is 9.59 Å². The van der Waals surface area contributed by atoms with Crippen LogP contribution in [0.5, 0.6) is 0 Å². The van der Waals surface area contributed by atoms with Gasteiger partial charge in [-0.15, -0.1) is 0 Å². The van der Waals surface area contributed by atoms with E-state index in [4.69, 9.17) is 5.11 Å². The van der Waals surface area contributed by atoms with Crippen LogP contribution in [0.2, 0.25) is 0 Å². The Bertz CT molecular complexity index is 280. The average Bonchev–Trinajstić information content (AvgIpc) is 3.10. The summed E-state index contributed by atoms with van der Waals surface area (Å²) in [6.45, 7) is 0. The molecule has 0 aromatic rings. The molecule has 16 heavy (non-hydrogen) atoms. The third-order valence-electron chi connectivity index (χ3n) is 3.63. The second kappa shape index (κ2) is 4.85. The summed E-state index contributed by atoms with van der Waals surface area (Å²) in [5.74, 6) is -0.710. The number of amides is 1. The minimum Gasteiger partial charge on any atom is -0.480 e. The van der Waals surface area contributed by atoms with Crippen molar-refractivity contribution in [2.75, 3.05) is 0 Å². The molecule has 0 heterocycles. The van der Waals surface area contributed by atoms with Gasteiger partial charge in [-0.25, -0.2) is 4.79 Å². The van der Waals surface area contributed by atoms with Gasteiger partial charge >= 0.3 is 5.97 Å². The van der Waals surface area contributed by atoms with E-state index in [0.29, 0.717) is 0 Å². The third kappa shape index (κ3) is 2.74. The Morgan fingerprint density at radius 2 is 1.69 bits per heavy atom. The molecule has 1 amide bonds. The molecule has 4 heteroatoms. The lowest BCUT2D eigenvalue weighted by molar-refractivity contribution is -0.144. The molecule has 0 bridgehead atoms. The molecular formula is C12H19NO3. The molecule has 0 aliphatic heterocycles. The molecule has 2 aliphatic rings. The van der Waals surface area contributed by atoms with Crippen LogP contribution in [-0.2, 0) is 9.59 Å². The molecule has 0 saturated heterocycles. The molecule has 0 spiro atoms. The SMILES string of the molecule is O=C(N[C@H](C(=O)O)C1CCCCC1)C1CC1. The highest BCUT2D eigenvalue weighted by Gasteiger charge is 2.36. The number of carbonyl (C=O) groups excluding carboxylic acids is 1. The molecule has 2 rings (SSSR count). The highest BCUT2D eigenvalue weighted by Crippen LogP contribution is 2.31. The first-order valence-corrected chi connectivity index (χ1v) is 6.21. The lowest BCUT2D eigenvalue weighted by atomic mass is 9.84. The van der Waals surface area contributed by atoms with E-state index in [2.05, 4.69) is 5.32 Å². The fourth-order valence-electron chi connectivity index (χ4n) is 2.47. The predicted octanol–water partition coefficient (Wildman–Crippen LogP) is 1.55. The van der Waals surface area contributed by atoms with Gasteiger partial charge in [-0.05, 0) is 31.6 Å². The maximum absolute atomic E-state index is 11.6. The molecule has 0 aromatic heterocycles. The number of aliphatic carboxylic acids is 1. The summed E-state index contributed by atoms with van der Waals surface area (Å²) in [5, 5.41) is 11.9. The van der Waals surface area contributed by atoms with E-state index in [-0.39, 0.29) is 17.7 Å². The summed E-state index contributed by atoms with van der Waals surface area (Å²) in [4.78, 5) is 22.8. The number of carbonyl (C=O) groups is 2. The summed E-state index contributed by atoms with van der Waals surface area (Å²) in [6, 6.07) is -0.659. The number of hydrogen-bond donors (Lipinski definition) is 2. The molecule has 1 atom stereocenters. The van der Waals surface area contributed by atoms with E-state index in [1.807, 2.05) is 0 Å². The Labute approximate surface area is 95.4 Å². The van der Waals surface area contributed by atoms with Gasteiger partial charge in [0.2, 0.25) is 5.91 Å². The van der Waals surface area contributed by atoms with Crippen LogP contribution in [0.15, 0.2) is 0 Å². The van der Waals surface area contributed by atoms with Crippen LogP contribution in [-0.4, -0.2) is 23.0 Å². The van der Waals surface area contributed by atoms with Crippen molar-refractivity contribution < 1.29 is 14.7 Å². The first-order valence-electron chi connectivity index (χ1n) is 6.21. The zero-order chi connectivity index (χ0) is 11.5. The summed E-state index contributed by atoms with van der Waals surface area (Å²) in [6.07, 6.45) is 7.08. The molecule has 0 unspecified atom stereocenters. The van der Waals surface area contributed by atoms with Gasteiger partial charge in [0, 0.05) is 5.92 Å². The van der Waals surface area contributed by atoms with Crippen LogP contribution >= 0.6 is 0 Å². The van der Waals surface area contributed by atoms with E-state index < -0.39 is 12.0 Å². The molecule has 0 aromatic carbocycles. The van der Waals surface area contributed by atoms with Crippen molar-refractivity contribution in [2.45, 2.75) is 51.0 Å². The second-order valence-electron chi connectivity index (χ2n) is 5.00. The molecule has 2 aliphatic carbocycles. The topological polar surface area (TPSA) is 66.4 Å².